The van der Waals surface area contributed by atoms with Gasteiger partial charge in [-0.2, -0.15) is 0 Å². The molecule has 0 bridgehead atoms. The number of methoxy groups -OCH3 is 2. The van der Waals surface area contributed by atoms with Gasteiger partial charge >= 0.3 is 0 Å². The Morgan fingerprint density at radius 3 is 1.72 bits per heavy atom. The number of hydrogen-bond donors (Lipinski definition) is 2. The molecule has 1 atom stereocenters. The number of benzene rings is 5. The Labute approximate surface area is 271 Å². The number of nitrogens with two attached hydrogens (primary N) is 1. The lowest BCUT2D eigenvalue weighted by Gasteiger charge is -2.30. The minimum Gasteiger partial charge on any atom is -0.497 e. The van der Waals surface area contributed by atoms with Crippen LogP contribution in [0.15, 0.2) is 127 Å². The molecule has 46 heavy (non-hydrogen) atoms. The molecule has 5 rings (SSSR count). The number of nitrogens with zero attached hydrogens (tertiary/aromatic N) is 1. The molecular formula is C39H42N2O5. The van der Waals surface area contributed by atoms with Crippen LogP contribution in [0.25, 0.3) is 0 Å². The molecule has 0 aliphatic heterocycles. The predicted octanol–water partition coefficient (Wildman–Crippen LogP) is 6.94. The molecule has 5 aromatic carbocycles. The quantitative estimate of drug-likeness (QED) is 0.116. The zero-order valence-corrected chi connectivity index (χ0v) is 26.4. The summed E-state index contributed by atoms with van der Waals surface area (Å²) in [6.07, 6.45) is -0.744. The maximum absolute atomic E-state index is 11.2. The minimum absolute atomic E-state index is 0.0388. The van der Waals surface area contributed by atoms with Gasteiger partial charge in [0, 0.05) is 31.6 Å². The number of hydrogen-bond acceptors (Lipinski definition) is 7. The third-order valence-corrected chi connectivity index (χ3v) is 7.86. The van der Waals surface area contributed by atoms with Crippen molar-refractivity contribution in [2.75, 3.05) is 39.6 Å². The fourth-order valence-corrected chi connectivity index (χ4v) is 5.41. The molecule has 0 saturated carbocycles. The van der Waals surface area contributed by atoms with E-state index in [4.69, 9.17) is 24.7 Å². The van der Waals surface area contributed by atoms with Crippen molar-refractivity contribution < 1.29 is 24.1 Å². The van der Waals surface area contributed by atoms with Crippen LogP contribution in [0.3, 0.4) is 0 Å². The number of nitrogen functional groups attached to an aromatic ring is 1. The molecule has 0 heterocycles. The van der Waals surface area contributed by atoms with Gasteiger partial charge in [0.25, 0.3) is 0 Å². The predicted molar refractivity (Wildman–Crippen MR) is 183 cm³/mol. The van der Waals surface area contributed by atoms with E-state index in [0.717, 1.165) is 33.8 Å². The first kappa shape index (κ1) is 32.4. The second-order valence-electron chi connectivity index (χ2n) is 11.2. The van der Waals surface area contributed by atoms with Crippen molar-refractivity contribution in [1.82, 2.24) is 4.90 Å². The van der Waals surface area contributed by atoms with Crippen molar-refractivity contribution >= 4 is 5.69 Å². The van der Waals surface area contributed by atoms with Crippen LogP contribution in [-0.2, 0) is 13.2 Å². The summed E-state index contributed by atoms with van der Waals surface area (Å²) < 4.78 is 22.7. The molecule has 5 aromatic rings. The van der Waals surface area contributed by atoms with Gasteiger partial charge in [0.2, 0.25) is 0 Å². The zero-order chi connectivity index (χ0) is 32.1. The number of rotatable bonds is 16. The molecule has 0 saturated heterocycles. The highest BCUT2D eigenvalue weighted by molar-refractivity contribution is 5.56. The van der Waals surface area contributed by atoms with Crippen molar-refractivity contribution in [3.63, 3.8) is 0 Å². The summed E-state index contributed by atoms with van der Waals surface area (Å²) in [5, 5.41) is 11.2. The second kappa shape index (κ2) is 16.4. The first-order valence-corrected chi connectivity index (χ1v) is 15.4. The maximum atomic E-state index is 11.2. The summed E-state index contributed by atoms with van der Waals surface area (Å²) in [4.78, 5) is 2.28. The van der Waals surface area contributed by atoms with E-state index < -0.39 is 6.10 Å². The van der Waals surface area contributed by atoms with Gasteiger partial charge in [-0.15, -0.1) is 0 Å². The zero-order valence-electron chi connectivity index (χ0n) is 26.4. The molecule has 238 valence electrons. The fourth-order valence-electron chi connectivity index (χ4n) is 5.41. The van der Waals surface area contributed by atoms with Crippen LogP contribution in [-0.4, -0.2) is 50.0 Å². The topological polar surface area (TPSA) is 86.4 Å². The summed E-state index contributed by atoms with van der Waals surface area (Å²) in [6.45, 7) is 2.29. The van der Waals surface area contributed by atoms with E-state index in [1.54, 1.807) is 26.4 Å². The van der Waals surface area contributed by atoms with Crippen LogP contribution >= 0.6 is 0 Å². The largest absolute Gasteiger partial charge is 0.497 e. The normalized spacial score (nSPS) is 11.8. The van der Waals surface area contributed by atoms with Gasteiger partial charge in [-0.3, -0.25) is 4.90 Å². The molecule has 7 nitrogen and oxygen atoms in total. The Bertz CT molecular complexity index is 1570. The first-order chi connectivity index (χ1) is 22.5. The minimum atomic E-state index is -0.744. The molecule has 0 aliphatic carbocycles. The van der Waals surface area contributed by atoms with E-state index in [9.17, 15) is 5.11 Å². The Balaban J connectivity index is 1.28. The van der Waals surface area contributed by atoms with Gasteiger partial charge in [-0.1, -0.05) is 84.9 Å². The lowest BCUT2D eigenvalue weighted by molar-refractivity contribution is 0.0644. The van der Waals surface area contributed by atoms with E-state index >= 15 is 0 Å². The summed E-state index contributed by atoms with van der Waals surface area (Å²) in [6, 6.07) is 41.9. The monoisotopic (exact) mass is 618 g/mol. The molecule has 3 N–H and O–H groups in total. The molecule has 0 aliphatic rings. The fraction of sp³-hybridized carbons (Fsp3) is 0.231. The van der Waals surface area contributed by atoms with E-state index in [0.29, 0.717) is 43.4 Å². The van der Waals surface area contributed by atoms with Crippen LogP contribution in [0.4, 0.5) is 5.69 Å². The van der Waals surface area contributed by atoms with Crippen molar-refractivity contribution in [3.05, 3.63) is 150 Å². The number of ether oxygens (including phenoxy) is 4. The molecule has 0 fully saturated rings. The second-order valence-corrected chi connectivity index (χ2v) is 11.2. The van der Waals surface area contributed by atoms with Gasteiger partial charge in [0.15, 0.2) is 0 Å². The summed E-state index contributed by atoms with van der Waals surface area (Å²) in [7, 11) is 3.34. The number of aliphatic hydroxyl groups excluding tert-OH is 1. The van der Waals surface area contributed by atoms with E-state index in [1.165, 1.54) is 0 Å². The molecular weight excluding hydrogens is 576 g/mol. The van der Waals surface area contributed by atoms with E-state index in [-0.39, 0.29) is 12.5 Å². The molecule has 1 unspecified atom stereocenters. The Morgan fingerprint density at radius 1 is 0.630 bits per heavy atom. The number of anilines is 1. The molecule has 0 spiro atoms. The third kappa shape index (κ3) is 9.27. The average molecular weight is 619 g/mol. The highest BCUT2D eigenvalue weighted by Crippen LogP contribution is 2.30. The maximum Gasteiger partial charge on any atom is 0.142 e. The summed E-state index contributed by atoms with van der Waals surface area (Å²) >= 11 is 0. The van der Waals surface area contributed by atoms with Crippen molar-refractivity contribution in [2.45, 2.75) is 25.2 Å². The lowest BCUT2D eigenvalue weighted by Crippen LogP contribution is -2.38. The third-order valence-electron chi connectivity index (χ3n) is 7.86. The van der Waals surface area contributed by atoms with Crippen LogP contribution < -0.4 is 24.7 Å². The summed E-state index contributed by atoms with van der Waals surface area (Å²) in [5.41, 5.74) is 11.3. The van der Waals surface area contributed by atoms with Crippen molar-refractivity contribution in [3.8, 4) is 23.0 Å². The van der Waals surface area contributed by atoms with E-state index in [2.05, 4.69) is 41.3 Å². The smallest absolute Gasteiger partial charge is 0.142 e. The van der Waals surface area contributed by atoms with Gasteiger partial charge in [-0.05, 0) is 58.7 Å². The Hall–Kier alpha value is -4.98. The highest BCUT2D eigenvalue weighted by Gasteiger charge is 2.22. The van der Waals surface area contributed by atoms with Crippen LogP contribution in [0.5, 0.6) is 23.0 Å². The lowest BCUT2D eigenvalue weighted by atomic mass is 9.90. The molecule has 0 aromatic heterocycles. The molecule has 0 amide bonds. The number of aliphatic hydroxyl groups is 1. The van der Waals surface area contributed by atoms with Gasteiger partial charge < -0.3 is 29.8 Å². The van der Waals surface area contributed by atoms with Crippen LogP contribution in [0.2, 0.25) is 0 Å². The first-order valence-electron chi connectivity index (χ1n) is 15.4. The SMILES string of the molecule is COc1ccc(C(CN(Cc2ccccc2)CC(O)COc2ccc(OCc3ccccc3)c(N)c2)c2ccc(OC)cc2)cc1. The van der Waals surface area contributed by atoms with Crippen LogP contribution in [0.1, 0.15) is 28.2 Å². The Morgan fingerprint density at radius 2 is 1.17 bits per heavy atom. The molecule has 7 heteroatoms. The standard InChI is InChI=1S/C39H42N2O5/c1-43-34-17-13-31(14-18-34)37(32-15-19-35(44-2)20-16-32)26-41(24-29-9-5-3-6-10-29)25-33(42)28-45-36-21-22-39(38(40)23-36)46-27-30-11-7-4-8-12-30/h3-23,33,37,42H,24-28,40H2,1-2H3. The average Bonchev–Trinajstić information content (AvgIpc) is 3.10. The Kier molecular flexibility index (Phi) is 11.5. The van der Waals surface area contributed by atoms with Gasteiger partial charge in [-0.25, -0.2) is 0 Å². The van der Waals surface area contributed by atoms with Crippen molar-refractivity contribution in [2.24, 2.45) is 0 Å². The highest BCUT2D eigenvalue weighted by atomic mass is 16.5. The van der Waals surface area contributed by atoms with Crippen molar-refractivity contribution in [1.29, 1.82) is 0 Å². The van der Waals surface area contributed by atoms with Gasteiger partial charge in [0.1, 0.15) is 42.3 Å². The van der Waals surface area contributed by atoms with Crippen LogP contribution in [0, 0.1) is 0 Å². The molecule has 0 radical (unpaired) electrons. The summed E-state index contributed by atoms with van der Waals surface area (Å²) in [5.74, 6) is 2.82. The van der Waals surface area contributed by atoms with Gasteiger partial charge in [0.05, 0.1) is 19.9 Å². The van der Waals surface area contributed by atoms with E-state index in [1.807, 2.05) is 78.9 Å².